The fourth-order valence-corrected chi connectivity index (χ4v) is 4.02. The van der Waals surface area contributed by atoms with Crippen molar-refractivity contribution in [3.05, 3.63) is 76.5 Å². The highest BCUT2D eigenvalue weighted by Crippen LogP contribution is 2.41. The van der Waals surface area contributed by atoms with Crippen LogP contribution in [-0.4, -0.2) is 17.3 Å². The second kappa shape index (κ2) is 5.85. The van der Waals surface area contributed by atoms with Crippen molar-refractivity contribution in [1.29, 1.82) is 0 Å². The maximum absolute atomic E-state index is 11.9. The topological polar surface area (TPSA) is 39.1 Å². The highest BCUT2D eigenvalue weighted by Gasteiger charge is 2.27. The summed E-state index contributed by atoms with van der Waals surface area (Å²) in [7, 11) is 0. The Kier molecular flexibility index (Phi) is 3.65. The van der Waals surface area contributed by atoms with Crippen LogP contribution in [0.4, 0.5) is 0 Å². The molecule has 0 bridgehead atoms. The predicted molar refractivity (Wildman–Crippen MR) is 101 cm³/mol. The van der Waals surface area contributed by atoms with E-state index >= 15 is 0 Å². The highest BCUT2D eigenvalue weighted by atomic mass is 16.1. The maximum Gasteiger partial charge on any atom is 0.218 e. The quantitative estimate of drug-likeness (QED) is 0.659. The molecule has 1 aliphatic rings. The summed E-state index contributed by atoms with van der Waals surface area (Å²) in [6.45, 7) is 4.06. The minimum Gasteiger partial charge on any atom is -0.298 e. The molecule has 2 aromatic carbocycles. The van der Waals surface area contributed by atoms with Gasteiger partial charge in [-0.05, 0) is 42.2 Å². The minimum atomic E-state index is -0.0400. The van der Waals surface area contributed by atoms with Crippen molar-refractivity contribution in [3.63, 3.8) is 0 Å². The molecule has 0 saturated carbocycles. The van der Waals surface area contributed by atoms with Crippen LogP contribution in [-0.2, 0) is 11.2 Å². The number of hydrogen-bond acceptors (Lipinski definition) is 2. The number of aldehydes is 1. The number of benzene rings is 2. The molecule has 124 valence electrons. The maximum atomic E-state index is 11.9. The zero-order chi connectivity index (χ0) is 17.6. The summed E-state index contributed by atoms with van der Waals surface area (Å²) < 4.78 is 1.63. The molecule has 0 saturated heterocycles. The van der Waals surface area contributed by atoms with Crippen molar-refractivity contribution in [2.45, 2.75) is 26.2 Å². The van der Waals surface area contributed by atoms with E-state index in [2.05, 4.69) is 25.1 Å². The van der Waals surface area contributed by atoms with Gasteiger partial charge in [-0.2, -0.15) is 0 Å². The highest BCUT2D eigenvalue weighted by molar-refractivity contribution is 6.03. The van der Waals surface area contributed by atoms with Crippen LogP contribution in [0.25, 0.3) is 16.5 Å². The first kappa shape index (κ1) is 15.6. The molecule has 0 radical (unpaired) electrons. The Hall–Kier alpha value is -2.94. The third kappa shape index (κ3) is 2.27. The van der Waals surface area contributed by atoms with Crippen LogP contribution in [0.3, 0.4) is 0 Å². The van der Waals surface area contributed by atoms with Crippen LogP contribution in [0.1, 0.15) is 45.6 Å². The van der Waals surface area contributed by atoms with E-state index in [0.29, 0.717) is 5.56 Å². The summed E-state index contributed by atoms with van der Waals surface area (Å²) in [5, 5.41) is 0.843. The third-order valence-corrected chi connectivity index (χ3v) is 5.21. The van der Waals surface area contributed by atoms with E-state index in [0.717, 1.165) is 41.3 Å². The Balaban J connectivity index is 1.95. The average molecular weight is 329 g/mol. The second-order valence-electron chi connectivity index (χ2n) is 6.66. The van der Waals surface area contributed by atoms with Crippen LogP contribution >= 0.6 is 0 Å². The number of rotatable bonds is 4. The molecule has 25 heavy (non-hydrogen) atoms. The van der Waals surface area contributed by atoms with Gasteiger partial charge in [0, 0.05) is 22.6 Å². The van der Waals surface area contributed by atoms with Gasteiger partial charge in [0.2, 0.25) is 6.41 Å². The van der Waals surface area contributed by atoms with Gasteiger partial charge in [0.25, 0.3) is 0 Å². The number of carbonyl (C=O) groups is 2. The monoisotopic (exact) mass is 329 g/mol. The van der Waals surface area contributed by atoms with Gasteiger partial charge in [0.05, 0.1) is 5.52 Å². The number of aromatic nitrogens is 1. The smallest absolute Gasteiger partial charge is 0.218 e. The van der Waals surface area contributed by atoms with Gasteiger partial charge in [0.15, 0.2) is 6.29 Å². The Morgan fingerprint density at radius 2 is 1.92 bits per heavy atom. The summed E-state index contributed by atoms with van der Waals surface area (Å²) >= 11 is 0. The summed E-state index contributed by atoms with van der Waals surface area (Å²) in [4.78, 5) is 23.7. The molecular weight excluding hydrogens is 310 g/mol. The number of nitrogens with zero attached hydrogens (tertiary/aromatic N) is 1. The average Bonchev–Trinajstić information content (AvgIpc) is 3.19. The lowest BCUT2D eigenvalue weighted by molar-refractivity contribution is 0.112. The number of hydrogen-bond donors (Lipinski definition) is 0. The van der Waals surface area contributed by atoms with Crippen LogP contribution in [0, 0.1) is 6.92 Å². The zero-order valence-corrected chi connectivity index (χ0v) is 14.3. The van der Waals surface area contributed by atoms with Gasteiger partial charge >= 0.3 is 0 Å². The SMILES string of the molecule is Cc1ccc2c(c1)c(C=O)c(C(C)C1=CCc3ccccc31)n2C=O. The molecule has 0 aliphatic heterocycles. The lowest BCUT2D eigenvalue weighted by atomic mass is 9.90. The largest absolute Gasteiger partial charge is 0.298 e. The number of aryl methyl sites for hydroxylation is 1. The summed E-state index contributed by atoms with van der Waals surface area (Å²) in [5.74, 6) is -0.0400. The van der Waals surface area contributed by atoms with Crippen molar-refractivity contribution >= 4 is 29.2 Å². The second-order valence-corrected chi connectivity index (χ2v) is 6.66. The standard InChI is InChI=1S/C22H19NO2/c1-14-7-10-21-19(11-14)20(12-24)22(23(21)13-25)15(2)17-9-8-16-5-3-4-6-18(16)17/h3-7,9-13,15H,8H2,1-2H3. The van der Waals surface area contributed by atoms with Gasteiger partial charge in [-0.15, -0.1) is 0 Å². The predicted octanol–water partition coefficient (Wildman–Crippen LogP) is 4.54. The normalized spacial score (nSPS) is 14.2. The van der Waals surface area contributed by atoms with E-state index in [9.17, 15) is 9.59 Å². The first-order chi connectivity index (χ1) is 12.2. The number of fused-ring (bicyclic) bond motifs is 2. The van der Waals surface area contributed by atoms with E-state index in [-0.39, 0.29) is 5.92 Å². The van der Waals surface area contributed by atoms with E-state index in [1.165, 1.54) is 16.7 Å². The molecule has 0 amide bonds. The summed E-state index contributed by atoms with van der Waals surface area (Å²) in [6.07, 6.45) is 4.81. The van der Waals surface area contributed by atoms with E-state index in [1.807, 2.05) is 37.3 Å². The van der Waals surface area contributed by atoms with Crippen LogP contribution in [0.2, 0.25) is 0 Å². The van der Waals surface area contributed by atoms with Crippen molar-refractivity contribution in [1.82, 2.24) is 4.57 Å². The van der Waals surface area contributed by atoms with Gasteiger partial charge in [-0.3, -0.25) is 14.2 Å². The van der Waals surface area contributed by atoms with E-state index < -0.39 is 0 Å². The van der Waals surface area contributed by atoms with Crippen LogP contribution in [0.15, 0.2) is 48.5 Å². The molecular formula is C22H19NO2. The molecule has 3 nitrogen and oxygen atoms in total. The lowest BCUT2D eigenvalue weighted by Gasteiger charge is -2.17. The Labute approximate surface area is 146 Å². The van der Waals surface area contributed by atoms with E-state index in [4.69, 9.17) is 0 Å². The first-order valence-electron chi connectivity index (χ1n) is 8.49. The summed E-state index contributed by atoms with van der Waals surface area (Å²) in [5.41, 5.74) is 6.94. The molecule has 1 atom stereocenters. The van der Waals surface area contributed by atoms with Crippen molar-refractivity contribution < 1.29 is 9.59 Å². The zero-order valence-electron chi connectivity index (χ0n) is 14.3. The van der Waals surface area contributed by atoms with Gasteiger partial charge in [-0.25, -0.2) is 0 Å². The van der Waals surface area contributed by atoms with Crippen molar-refractivity contribution in [2.75, 3.05) is 0 Å². The molecule has 1 unspecified atom stereocenters. The van der Waals surface area contributed by atoms with Crippen molar-refractivity contribution in [3.8, 4) is 0 Å². The molecule has 1 heterocycles. The van der Waals surface area contributed by atoms with Gasteiger partial charge in [-0.1, -0.05) is 48.9 Å². The van der Waals surface area contributed by atoms with Crippen LogP contribution < -0.4 is 0 Å². The third-order valence-electron chi connectivity index (χ3n) is 5.21. The molecule has 3 heteroatoms. The number of carbonyl (C=O) groups excluding carboxylic acids is 2. The molecule has 0 fully saturated rings. The Morgan fingerprint density at radius 3 is 2.68 bits per heavy atom. The lowest BCUT2D eigenvalue weighted by Crippen LogP contribution is -2.08. The molecule has 0 N–H and O–H groups in total. The van der Waals surface area contributed by atoms with E-state index in [1.54, 1.807) is 4.57 Å². The molecule has 3 aromatic rings. The van der Waals surface area contributed by atoms with Gasteiger partial charge < -0.3 is 0 Å². The molecule has 0 spiro atoms. The Morgan fingerprint density at radius 1 is 1.12 bits per heavy atom. The summed E-state index contributed by atoms with van der Waals surface area (Å²) in [6, 6.07) is 14.2. The molecule has 1 aliphatic carbocycles. The fourth-order valence-electron chi connectivity index (χ4n) is 4.02. The minimum absolute atomic E-state index is 0.0400. The Bertz CT molecular complexity index is 1040. The first-order valence-corrected chi connectivity index (χ1v) is 8.49. The number of allylic oxidation sites excluding steroid dienone is 2. The molecule has 4 rings (SSSR count). The molecule has 1 aromatic heterocycles. The van der Waals surface area contributed by atoms with Crippen LogP contribution in [0.5, 0.6) is 0 Å². The fraction of sp³-hybridized carbons (Fsp3) is 0.182. The van der Waals surface area contributed by atoms with Gasteiger partial charge in [0.1, 0.15) is 0 Å². The van der Waals surface area contributed by atoms with Crippen molar-refractivity contribution in [2.24, 2.45) is 0 Å².